The third-order valence-electron chi connectivity index (χ3n) is 3.11. The molecular weight excluding hydrogens is 264 g/mol. The van der Waals surface area contributed by atoms with E-state index in [9.17, 15) is 0 Å². The van der Waals surface area contributed by atoms with Gasteiger partial charge in [-0.2, -0.15) is 0 Å². The molecule has 0 aliphatic carbocycles. The van der Waals surface area contributed by atoms with Crippen LogP contribution in [-0.4, -0.2) is 23.5 Å². The quantitative estimate of drug-likeness (QED) is 0.769. The van der Waals surface area contributed by atoms with Crippen molar-refractivity contribution >= 4 is 11.3 Å². The standard InChI is InChI=1S/C17H28N2S/c1-7-9-19(10-8-2)13-15-11-16(20-14(15)3)12-18-17(4,5)6/h1,11,18H,8-10,12-13H2,2-6H3. The van der Waals surface area contributed by atoms with Gasteiger partial charge in [0.25, 0.3) is 0 Å². The van der Waals surface area contributed by atoms with Crippen LogP contribution < -0.4 is 5.32 Å². The second-order valence-corrected chi connectivity index (χ2v) is 7.65. The van der Waals surface area contributed by atoms with E-state index in [-0.39, 0.29) is 5.54 Å². The largest absolute Gasteiger partial charge is 0.307 e. The van der Waals surface area contributed by atoms with Crippen molar-refractivity contribution in [2.75, 3.05) is 13.1 Å². The van der Waals surface area contributed by atoms with Crippen molar-refractivity contribution in [1.82, 2.24) is 10.2 Å². The van der Waals surface area contributed by atoms with E-state index in [2.05, 4.69) is 56.8 Å². The maximum absolute atomic E-state index is 5.45. The van der Waals surface area contributed by atoms with Crippen LogP contribution in [0.3, 0.4) is 0 Å². The number of nitrogens with one attached hydrogen (secondary N) is 1. The smallest absolute Gasteiger partial charge is 0.0601 e. The molecule has 0 unspecified atom stereocenters. The molecule has 0 spiro atoms. The molecule has 0 saturated carbocycles. The molecule has 2 nitrogen and oxygen atoms in total. The Labute approximate surface area is 128 Å². The van der Waals surface area contributed by atoms with Crippen LogP contribution in [0, 0.1) is 19.3 Å². The highest BCUT2D eigenvalue weighted by Gasteiger charge is 2.12. The van der Waals surface area contributed by atoms with E-state index in [1.807, 2.05) is 11.3 Å². The summed E-state index contributed by atoms with van der Waals surface area (Å²) in [5.41, 5.74) is 1.58. The molecule has 1 N–H and O–H groups in total. The fraction of sp³-hybridized carbons (Fsp3) is 0.647. The molecule has 0 fully saturated rings. The molecule has 0 atom stereocenters. The van der Waals surface area contributed by atoms with Crippen LogP contribution >= 0.6 is 11.3 Å². The lowest BCUT2D eigenvalue weighted by Crippen LogP contribution is -2.34. The van der Waals surface area contributed by atoms with Crippen molar-refractivity contribution in [3.8, 4) is 12.3 Å². The molecule has 112 valence electrons. The topological polar surface area (TPSA) is 15.3 Å². The van der Waals surface area contributed by atoms with Crippen LogP contribution in [0.25, 0.3) is 0 Å². The molecule has 1 aromatic heterocycles. The van der Waals surface area contributed by atoms with Crippen LogP contribution in [-0.2, 0) is 13.1 Å². The normalized spacial score (nSPS) is 11.8. The number of aryl methyl sites for hydroxylation is 1. The monoisotopic (exact) mass is 292 g/mol. The summed E-state index contributed by atoms with van der Waals surface area (Å²) in [5, 5.41) is 3.55. The Morgan fingerprint density at radius 1 is 1.40 bits per heavy atom. The van der Waals surface area contributed by atoms with Crippen LogP contribution in [0.15, 0.2) is 6.07 Å². The first kappa shape index (κ1) is 17.2. The lowest BCUT2D eigenvalue weighted by Gasteiger charge is -2.20. The van der Waals surface area contributed by atoms with Gasteiger partial charge in [-0.25, -0.2) is 0 Å². The zero-order valence-electron chi connectivity index (χ0n) is 13.5. The Bertz CT molecular complexity index is 449. The van der Waals surface area contributed by atoms with Gasteiger partial charge in [-0.05, 0) is 52.3 Å². The lowest BCUT2D eigenvalue weighted by molar-refractivity contribution is 0.299. The average Bonchev–Trinajstić information content (AvgIpc) is 2.68. The van der Waals surface area contributed by atoms with Gasteiger partial charge in [-0.15, -0.1) is 17.8 Å². The Morgan fingerprint density at radius 2 is 2.10 bits per heavy atom. The number of nitrogens with zero attached hydrogens (tertiary/aromatic N) is 1. The third-order valence-corrected chi connectivity index (χ3v) is 4.21. The van der Waals surface area contributed by atoms with Gasteiger partial charge in [0.1, 0.15) is 0 Å². The number of terminal acetylenes is 1. The molecule has 20 heavy (non-hydrogen) atoms. The van der Waals surface area contributed by atoms with Gasteiger partial charge in [0.15, 0.2) is 0 Å². The summed E-state index contributed by atoms with van der Waals surface area (Å²) in [6, 6.07) is 2.33. The van der Waals surface area contributed by atoms with Crippen molar-refractivity contribution in [2.24, 2.45) is 0 Å². The van der Waals surface area contributed by atoms with Crippen molar-refractivity contribution in [2.45, 2.75) is 59.7 Å². The van der Waals surface area contributed by atoms with Crippen LogP contribution in [0.1, 0.15) is 49.4 Å². The van der Waals surface area contributed by atoms with Crippen molar-refractivity contribution in [1.29, 1.82) is 0 Å². The Kier molecular flexibility index (Phi) is 6.75. The second kappa shape index (κ2) is 7.83. The molecule has 0 bridgehead atoms. The van der Waals surface area contributed by atoms with Gasteiger partial charge in [0.2, 0.25) is 0 Å². The van der Waals surface area contributed by atoms with Gasteiger partial charge in [0, 0.05) is 28.4 Å². The summed E-state index contributed by atoms with van der Waals surface area (Å²) in [7, 11) is 0. The zero-order valence-corrected chi connectivity index (χ0v) is 14.4. The lowest BCUT2D eigenvalue weighted by atomic mass is 10.1. The van der Waals surface area contributed by atoms with Crippen LogP contribution in [0.5, 0.6) is 0 Å². The summed E-state index contributed by atoms with van der Waals surface area (Å²) < 4.78 is 0. The van der Waals surface area contributed by atoms with Gasteiger partial charge >= 0.3 is 0 Å². The summed E-state index contributed by atoms with van der Waals surface area (Å²) in [4.78, 5) is 5.16. The fourth-order valence-corrected chi connectivity index (χ4v) is 3.08. The van der Waals surface area contributed by atoms with E-state index >= 15 is 0 Å². The van der Waals surface area contributed by atoms with E-state index in [0.29, 0.717) is 0 Å². The molecule has 1 rings (SSSR count). The fourth-order valence-electron chi connectivity index (χ4n) is 2.08. The van der Waals surface area contributed by atoms with Gasteiger partial charge in [0.05, 0.1) is 6.54 Å². The Balaban J connectivity index is 2.67. The molecule has 3 heteroatoms. The van der Waals surface area contributed by atoms with Crippen LogP contribution in [0.2, 0.25) is 0 Å². The first-order valence-corrected chi connectivity index (χ1v) is 8.16. The van der Waals surface area contributed by atoms with Crippen molar-refractivity contribution in [3.63, 3.8) is 0 Å². The predicted molar refractivity (Wildman–Crippen MR) is 90.0 cm³/mol. The summed E-state index contributed by atoms with van der Waals surface area (Å²) in [6.45, 7) is 14.7. The van der Waals surface area contributed by atoms with E-state index in [1.165, 1.54) is 15.3 Å². The van der Waals surface area contributed by atoms with Gasteiger partial charge in [-0.3, -0.25) is 4.90 Å². The average molecular weight is 292 g/mol. The molecular formula is C17H28N2S. The number of thiophene rings is 1. The molecule has 0 radical (unpaired) electrons. The van der Waals surface area contributed by atoms with Crippen LogP contribution in [0.4, 0.5) is 0 Å². The highest BCUT2D eigenvalue weighted by molar-refractivity contribution is 7.12. The predicted octanol–water partition coefficient (Wildman–Crippen LogP) is 3.79. The highest BCUT2D eigenvalue weighted by Crippen LogP contribution is 2.23. The van der Waals surface area contributed by atoms with Gasteiger partial charge in [-0.1, -0.05) is 12.8 Å². The maximum atomic E-state index is 5.45. The number of rotatable bonds is 7. The number of hydrogen-bond donors (Lipinski definition) is 1. The molecule has 1 aromatic rings. The van der Waals surface area contributed by atoms with E-state index < -0.39 is 0 Å². The Hall–Kier alpha value is -0.820. The Morgan fingerprint density at radius 3 is 2.65 bits per heavy atom. The first-order chi connectivity index (χ1) is 9.35. The van der Waals surface area contributed by atoms with E-state index in [4.69, 9.17) is 6.42 Å². The summed E-state index contributed by atoms with van der Waals surface area (Å²) in [6.07, 6.45) is 6.60. The van der Waals surface area contributed by atoms with E-state index in [1.54, 1.807) is 0 Å². The summed E-state index contributed by atoms with van der Waals surface area (Å²) >= 11 is 1.89. The van der Waals surface area contributed by atoms with Crippen molar-refractivity contribution < 1.29 is 0 Å². The molecule has 1 heterocycles. The minimum Gasteiger partial charge on any atom is -0.307 e. The molecule has 0 aromatic carbocycles. The molecule has 0 amide bonds. The third kappa shape index (κ3) is 6.09. The highest BCUT2D eigenvalue weighted by atomic mass is 32.1. The minimum absolute atomic E-state index is 0.162. The SMILES string of the molecule is C#CCN(CCC)Cc1cc(CNC(C)(C)C)sc1C. The summed E-state index contributed by atoms with van der Waals surface area (Å²) in [5.74, 6) is 2.76. The van der Waals surface area contributed by atoms with Crippen molar-refractivity contribution in [3.05, 3.63) is 21.4 Å². The second-order valence-electron chi connectivity index (χ2n) is 6.31. The molecule has 0 saturated heterocycles. The zero-order chi connectivity index (χ0) is 15.2. The minimum atomic E-state index is 0.162. The number of hydrogen-bond acceptors (Lipinski definition) is 3. The molecule has 0 aliphatic heterocycles. The maximum Gasteiger partial charge on any atom is 0.0601 e. The molecule has 0 aliphatic rings. The van der Waals surface area contributed by atoms with Gasteiger partial charge < -0.3 is 5.32 Å². The van der Waals surface area contributed by atoms with E-state index in [0.717, 1.165) is 32.6 Å². The first-order valence-electron chi connectivity index (χ1n) is 7.34.